The summed E-state index contributed by atoms with van der Waals surface area (Å²) in [6.45, 7) is 10.4. The zero-order valence-electron chi connectivity index (χ0n) is 16.3. The third kappa shape index (κ3) is 4.24. The molecule has 0 aliphatic rings. The number of aryl methyl sites for hydroxylation is 1. The van der Waals surface area contributed by atoms with E-state index in [2.05, 4.69) is 15.1 Å². The van der Waals surface area contributed by atoms with Gasteiger partial charge in [0, 0.05) is 0 Å². The molecule has 0 saturated carbocycles. The Morgan fingerprint density at radius 3 is 2.70 bits per heavy atom. The van der Waals surface area contributed by atoms with E-state index in [1.165, 1.54) is 6.33 Å². The van der Waals surface area contributed by atoms with Gasteiger partial charge in [-0.3, -0.25) is 0 Å². The molecule has 0 fully saturated rings. The third-order valence-electron chi connectivity index (χ3n) is 3.84. The molecule has 142 valence electrons. The summed E-state index contributed by atoms with van der Waals surface area (Å²) in [5.41, 5.74) is 1.96. The van der Waals surface area contributed by atoms with Gasteiger partial charge < -0.3 is 9.47 Å². The molecule has 2 heterocycles. The molecule has 7 heteroatoms. The van der Waals surface area contributed by atoms with Crippen LogP contribution >= 0.6 is 0 Å². The van der Waals surface area contributed by atoms with Gasteiger partial charge in [0.15, 0.2) is 11.3 Å². The fraction of sp³-hybridized carbons (Fsp3) is 0.400. The first-order valence-corrected chi connectivity index (χ1v) is 8.91. The maximum atomic E-state index is 12.5. The topological polar surface area (TPSA) is 79.1 Å². The lowest BCUT2D eigenvalue weighted by Crippen LogP contribution is -2.24. The van der Waals surface area contributed by atoms with Gasteiger partial charge in [0.25, 0.3) is 0 Å². The smallest absolute Gasteiger partial charge is 0.358 e. The van der Waals surface area contributed by atoms with E-state index < -0.39 is 11.6 Å². The first kappa shape index (κ1) is 18.8. The van der Waals surface area contributed by atoms with Crippen LogP contribution in [0, 0.1) is 6.92 Å². The third-order valence-corrected chi connectivity index (χ3v) is 3.84. The molecule has 0 bridgehead atoms. The Balaban J connectivity index is 1.98. The number of ether oxygens (including phenoxy) is 2. The predicted molar refractivity (Wildman–Crippen MR) is 102 cm³/mol. The van der Waals surface area contributed by atoms with Crippen LogP contribution in [0.4, 0.5) is 0 Å². The summed E-state index contributed by atoms with van der Waals surface area (Å²) in [7, 11) is 0. The van der Waals surface area contributed by atoms with Crippen LogP contribution in [-0.4, -0.2) is 37.9 Å². The zero-order valence-corrected chi connectivity index (χ0v) is 16.3. The summed E-state index contributed by atoms with van der Waals surface area (Å²) in [6.07, 6.45) is 1.37. The van der Waals surface area contributed by atoms with Crippen molar-refractivity contribution in [2.45, 2.75) is 46.8 Å². The van der Waals surface area contributed by atoms with Crippen molar-refractivity contribution in [1.29, 1.82) is 0 Å². The Morgan fingerprint density at radius 2 is 2.00 bits per heavy atom. The Labute approximate surface area is 158 Å². The van der Waals surface area contributed by atoms with Crippen molar-refractivity contribution in [2.75, 3.05) is 6.61 Å². The molecule has 2 aromatic heterocycles. The lowest BCUT2D eigenvalue weighted by atomic mass is 10.2. The highest BCUT2D eigenvalue weighted by molar-refractivity contribution is 6.01. The van der Waals surface area contributed by atoms with Gasteiger partial charge in [0.2, 0.25) is 0 Å². The summed E-state index contributed by atoms with van der Waals surface area (Å²) in [6, 6.07) is 7.84. The van der Waals surface area contributed by atoms with Gasteiger partial charge in [-0.25, -0.2) is 19.4 Å². The minimum Gasteiger partial charge on any atom is -0.494 e. The number of hydrogen-bond acceptors (Lipinski definition) is 6. The molecule has 0 N–H and O–H groups in total. The summed E-state index contributed by atoms with van der Waals surface area (Å²) in [4.78, 5) is 21.0. The minimum atomic E-state index is -0.599. The predicted octanol–water partition coefficient (Wildman–Crippen LogP) is 3.54. The Kier molecular flexibility index (Phi) is 5.12. The van der Waals surface area contributed by atoms with Gasteiger partial charge >= 0.3 is 5.97 Å². The van der Waals surface area contributed by atoms with Crippen molar-refractivity contribution in [3.63, 3.8) is 0 Å². The Hall–Kier alpha value is -2.96. The number of rotatable bonds is 5. The molecule has 0 aliphatic carbocycles. The van der Waals surface area contributed by atoms with Crippen LogP contribution in [0.15, 0.2) is 30.6 Å². The van der Waals surface area contributed by atoms with Crippen LogP contribution in [0.25, 0.3) is 11.0 Å². The second-order valence-corrected chi connectivity index (χ2v) is 7.25. The first-order chi connectivity index (χ1) is 12.8. The van der Waals surface area contributed by atoms with Gasteiger partial charge in [-0.15, -0.1) is 0 Å². The molecule has 0 unspecified atom stereocenters. The summed E-state index contributed by atoms with van der Waals surface area (Å²) in [5.74, 6) is 0.336. The molecule has 0 atom stereocenters. The van der Waals surface area contributed by atoms with Crippen molar-refractivity contribution in [2.24, 2.45) is 0 Å². The van der Waals surface area contributed by atoms with Crippen LogP contribution in [-0.2, 0) is 11.3 Å². The molecule has 0 amide bonds. The number of carbonyl (C=O) groups is 1. The van der Waals surface area contributed by atoms with Gasteiger partial charge in [0.1, 0.15) is 17.7 Å². The average molecular weight is 368 g/mol. The monoisotopic (exact) mass is 368 g/mol. The highest BCUT2D eigenvalue weighted by Crippen LogP contribution is 2.23. The molecule has 0 radical (unpaired) electrons. The number of esters is 1. The largest absolute Gasteiger partial charge is 0.494 e. The standard InChI is InChI=1S/C20H24N4O3/c1-6-26-15-9-7-8-14(10-15)11-24-18-16(13(2)23-24)17(21-12-22-18)19(25)27-20(3,4)5/h7-10,12H,6,11H2,1-5H3. The normalized spacial score (nSPS) is 11.6. The second-order valence-electron chi connectivity index (χ2n) is 7.25. The van der Waals surface area contributed by atoms with E-state index in [-0.39, 0.29) is 5.69 Å². The molecular formula is C20H24N4O3. The SMILES string of the molecule is CCOc1cccc(Cn2nc(C)c3c(C(=O)OC(C)(C)C)ncnc32)c1. The quantitative estimate of drug-likeness (QED) is 0.641. The molecular weight excluding hydrogens is 344 g/mol. The van der Waals surface area contributed by atoms with Crippen molar-refractivity contribution in [3.05, 3.63) is 47.5 Å². The Morgan fingerprint density at radius 1 is 1.22 bits per heavy atom. The highest BCUT2D eigenvalue weighted by Gasteiger charge is 2.24. The van der Waals surface area contributed by atoms with E-state index in [0.29, 0.717) is 29.9 Å². The molecule has 3 rings (SSSR count). The van der Waals surface area contributed by atoms with E-state index in [0.717, 1.165) is 11.3 Å². The lowest BCUT2D eigenvalue weighted by molar-refractivity contribution is 0.00651. The average Bonchev–Trinajstić information content (AvgIpc) is 2.90. The van der Waals surface area contributed by atoms with E-state index >= 15 is 0 Å². The fourth-order valence-corrected chi connectivity index (χ4v) is 2.85. The summed E-state index contributed by atoms with van der Waals surface area (Å²) >= 11 is 0. The Bertz CT molecular complexity index is 973. The zero-order chi connectivity index (χ0) is 19.6. The number of hydrogen-bond donors (Lipinski definition) is 0. The number of aromatic nitrogens is 4. The van der Waals surface area contributed by atoms with Crippen LogP contribution < -0.4 is 4.74 Å². The van der Waals surface area contributed by atoms with Crippen LogP contribution in [0.1, 0.15) is 49.4 Å². The molecule has 7 nitrogen and oxygen atoms in total. The number of nitrogens with zero attached hydrogens (tertiary/aromatic N) is 4. The summed E-state index contributed by atoms with van der Waals surface area (Å²) in [5, 5.41) is 5.18. The van der Waals surface area contributed by atoms with Gasteiger partial charge in [0.05, 0.1) is 24.2 Å². The molecule has 3 aromatic rings. The number of benzene rings is 1. The van der Waals surface area contributed by atoms with Crippen LogP contribution in [0.2, 0.25) is 0 Å². The van der Waals surface area contributed by atoms with E-state index in [9.17, 15) is 4.79 Å². The van der Waals surface area contributed by atoms with Crippen molar-refractivity contribution in [1.82, 2.24) is 19.7 Å². The maximum Gasteiger partial charge on any atom is 0.358 e. The van der Waals surface area contributed by atoms with Crippen LogP contribution in [0.3, 0.4) is 0 Å². The summed E-state index contributed by atoms with van der Waals surface area (Å²) < 4.78 is 12.8. The van der Waals surface area contributed by atoms with E-state index in [4.69, 9.17) is 9.47 Å². The molecule has 0 saturated heterocycles. The molecule has 27 heavy (non-hydrogen) atoms. The van der Waals surface area contributed by atoms with Gasteiger partial charge in [-0.05, 0) is 52.3 Å². The van der Waals surface area contributed by atoms with E-state index in [1.54, 1.807) is 4.68 Å². The van der Waals surface area contributed by atoms with Crippen molar-refractivity contribution >= 4 is 17.0 Å². The maximum absolute atomic E-state index is 12.5. The molecule has 0 aliphatic heterocycles. The van der Waals surface area contributed by atoms with Gasteiger partial charge in [-0.2, -0.15) is 5.10 Å². The number of fused-ring (bicyclic) bond motifs is 1. The second kappa shape index (κ2) is 7.34. The van der Waals surface area contributed by atoms with Crippen molar-refractivity contribution < 1.29 is 14.3 Å². The first-order valence-electron chi connectivity index (χ1n) is 8.91. The molecule has 1 aromatic carbocycles. The van der Waals surface area contributed by atoms with Crippen LogP contribution in [0.5, 0.6) is 5.75 Å². The highest BCUT2D eigenvalue weighted by atomic mass is 16.6. The minimum absolute atomic E-state index is 0.238. The van der Waals surface area contributed by atoms with Gasteiger partial charge in [-0.1, -0.05) is 12.1 Å². The molecule has 0 spiro atoms. The number of carbonyl (C=O) groups excluding carboxylic acids is 1. The van der Waals surface area contributed by atoms with Crippen molar-refractivity contribution in [3.8, 4) is 5.75 Å². The fourth-order valence-electron chi connectivity index (χ4n) is 2.85. The van der Waals surface area contributed by atoms with E-state index in [1.807, 2.05) is 58.9 Å². The lowest BCUT2D eigenvalue weighted by Gasteiger charge is -2.19.